The number of hydrogen-bond donors (Lipinski definition) is 1. The molecule has 1 aromatic rings. The minimum absolute atomic E-state index is 0.493. The highest BCUT2D eigenvalue weighted by atomic mass is 15.2. The highest BCUT2D eigenvalue weighted by Crippen LogP contribution is 2.28. The monoisotopic (exact) mass is 229 g/mol. The Morgan fingerprint density at radius 1 is 1.53 bits per heavy atom. The summed E-state index contributed by atoms with van der Waals surface area (Å²) in [5, 5.41) is 9.20. The Kier molecular flexibility index (Phi) is 3.65. The average molecular weight is 229 g/mol. The van der Waals surface area contributed by atoms with Gasteiger partial charge < -0.3 is 10.6 Å². The number of nitrogens with zero attached hydrogens (tertiary/aromatic N) is 2. The number of rotatable bonds is 3. The molecule has 17 heavy (non-hydrogen) atoms. The van der Waals surface area contributed by atoms with E-state index in [2.05, 4.69) is 17.9 Å². The third-order valence-electron chi connectivity index (χ3n) is 3.62. The molecule has 1 fully saturated rings. The van der Waals surface area contributed by atoms with E-state index in [1.807, 2.05) is 18.2 Å². The molecule has 1 aliphatic rings. The van der Waals surface area contributed by atoms with E-state index < -0.39 is 0 Å². The zero-order valence-electron chi connectivity index (χ0n) is 10.3. The van der Waals surface area contributed by atoms with Gasteiger partial charge >= 0.3 is 0 Å². The Bertz CT molecular complexity index is 434. The standard InChI is InChI=1S/C14H19N3/c1-2-11-5-6-17(10-11)14-4-3-12(8-15)7-13(14)9-16/h3-4,7,11H,2,5-6,8,10,15H2,1H3. The normalized spacial score (nSPS) is 19.4. The molecule has 0 radical (unpaired) electrons. The first-order valence-electron chi connectivity index (χ1n) is 6.26. The first-order chi connectivity index (χ1) is 8.28. The van der Waals surface area contributed by atoms with Crippen LogP contribution in [0.1, 0.15) is 30.9 Å². The molecule has 3 nitrogen and oxygen atoms in total. The molecular formula is C14H19N3. The van der Waals surface area contributed by atoms with Crippen LogP contribution in [0.15, 0.2) is 18.2 Å². The number of hydrogen-bond acceptors (Lipinski definition) is 3. The lowest BCUT2D eigenvalue weighted by Gasteiger charge is -2.20. The van der Waals surface area contributed by atoms with Crippen molar-refractivity contribution in [3.05, 3.63) is 29.3 Å². The van der Waals surface area contributed by atoms with Gasteiger partial charge in [0.2, 0.25) is 0 Å². The number of nitrogens with two attached hydrogens (primary N) is 1. The Labute approximate surface area is 103 Å². The smallest absolute Gasteiger partial charge is 0.101 e. The summed E-state index contributed by atoms with van der Waals surface area (Å²) in [5.41, 5.74) is 8.45. The van der Waals surface area contributed by atoms with Crippen molar-refractivity contribution >= 4 is 5.69 Å². The molecule has 90 valence electrons. The van der Waals surface area contributed by atoms with Gasteiger partial charge in [-0.15, -0.1) is 0 Å². The summed E-state index contributed by atoms with van der Waals surface area (Å²) in [6.07, 6.45) is 2.46. The van der Waals surface area contributed by atoms with Gasteiger partial charge in [-0.05, 0) is 30.0 Å². The van der Waals surface area contributed by atoms with Crippen LogP contribution in [0, 0.1) is 17.2 Å². The van der Waals surface area contributed by atoms with Crippen LogP contribution in [0.3, 0.4) is 0 Å². The molecule has 1 unspecified atom stereocenters. The molecule has 0 aromatic heterocycles. The molecule has 3 heteroatoms. The second-order valence-corrected chi connectivity index (χ2v) is 4.68. The molecule has 1 saturated heterocycles. The molecule has 0 spiro atoms. The molecular weight excluding hydrogens is 210 g/mol. The van der Waals surface area contributed by atoms with Crippen molar-refractivity contribution < 1.29 is 0 Å². The minimum Gasteiger partial charge on any atom is -0.370 e. The zero-order valence-corrected chi connectivity index (χ0v) is 10.3. The van der Waals surface area contributed by atoms with E-state index in [0.29, 0.717) is 6.54 Å². The molecule has 1 aliphatic heterocycles. The van der Waals surface area contributed by atoms with E-state index in [9.17, 15) is 5.26 Å². The van der Waals surface area contributed by atoms with Crippen LogP contribution >= 0.6 is 0 Å². The van der Waals surface area contributed by atoms with Crippen molar-refractivity contribution in [1.29, 1.82) is 5.26 Å². The molecule has 1 atom stereocenters. The summed E-state index contributed by atoms with van der Waals surface area (Å²) in [6.45, 7) is 4.87. The van der Waals surface area contributed by atoms with Gasteiger partial charge in [0.15, 0.2) is 0 Å². The van der Waals surface area contributed by atoms with E-state index in [4.69, 9.17) is 5.73 Å². The van der Waals surface area contributed by atoms with Gasteiger partial charge in [0, 0.05) is 19.6 Å². The van der Waals surface area contributed by atoms with Gasteiger partial charge in [-0.3, -0.25) is 0 Å². The number of anilines is 1. The third-order valence-corrected chi connectivity index (χ3v) is 3.62. The van der Waals surface area contributed by atoms with Crippen LogP contribution in [0.4, 0.5) is 5.69 Å². The van der Waals surface area contributed by atoms with Gasteiger partial charge in [0.05, 0.1) is 11.3 Å². The largest absolute Gasteiger partial charge is 0.370 e. The fourth-order valence-electron chi connectivity index (χ4n) is 2.46. The van der Waals surface area contributed by atoms with Gasteiger partial charge in [-0.25, -0.2) is 0 Å². The maximum Gasteiger partial charge on any atom is 0.101 e. The van der Waals surface area contributed by atoms with E-state index in [0.717, 1.165) is 35.8 Å². The zero-order chi connectivity index (χ0) is 12.3. The summed E-state index contributed by atoms with van der Waals surface area (Å²) >= 11 is 0. The number of benzene rings is 1. The summed E-state index contributed by atoms with van der Waals surface area (Å²) in [4.78, 5) is 2.33. The molecule has 2 rings (SSSR count). The SMILES string of the molecule is CCC1CCN(c2ccc(CN)cc2C#N)C1. The van der Waals surface area contributed by atoms with E-state index >= 15 is 0 Å². The van der Waals surface area contributed by atoms with Crippen LogP contribution in [0.2, 0.25) is 0 Å². The van der Waals surface area contributed by atoms with E-state index in [1.54, 1.807) is 0 Å². The van der Waals surface area contributed by atoms with Crippen molar-refractivity contribution in [2.75, 3.05) is 18.0 Å². The summed E-state index contributed by atoms with van der Waals surface area (Å²) < 4.78 is 0. The van der Waals surface area contributed by atoms with Crippen LogP contribution in [0.25, 0.3) is 0 Å². The van der Waals surface area contributed by atoms with Crippen molar-refractivity contribution in [2.45, 2.75) is 26.3 Å². The Morgan fingerprint density at radius 2 is 2.35 bits per heavy atom. The Balaban J connectivity index is 2.24. The highest BCUT2D eigenvalue weighted by Gasteiger charge is 2.22. The van der Waals surface area contributed by atoms with Gasteiger partial charge in [0.1, 0.15) is 6.07 Å². The van der Waals surface area contributed by atoms with E-state index in [1.165, 1.54) is 12.8 Å². The topological polar surface area (TPSA) is 53.0 Å². The Morgan fingerprint density at radius 3 is 2.94 bits per heavy atom. The first-order valence-corrected chi connectivity index (χ1v) is 6.26. The van der Waals surface area contributed by atoms with Crippen molar-refractivity contribution in [1.82, 2.24) is 0 Å². The summed E-state index contributed by atoms with van der Waals surface area (Å²) in [5.74, 6) is 0.774. The molecule has 0 aliphatic carbocycles. The highest BCUT2D eigenvalue weighted by molar-refractivity contribution is 5.61. The van der Waals surface area contributed by atoms with Gasteiger partial charge in [-0.2, -0.15) is 5.26 Å². The summed E-state index contributed by atoms with van der Waals surface area (Å²) in [6, 6.07) is 8.26. The Hall–Kier alpha value is -1.53. The van der Waals surface area contributed by atoms with Crippen molar-refractivity contribution in [2.24, 2.45) is 11.7 Å². The molecule has 0 amide bonds. The van der Waals surface area contributed by atoms with Crippen LogP contribution < -0.4 is 10.6 Å². The lowest BCUT2D eigenvalue weighted by Crippen LogP contribution is -2.20. The minimum atomic E-state index is 0.493. The summed E-state index contributed by atoms with van der Waals surface area (Å²) in [7, 11) is 0. The fourth-order valence-corrected chi connectivity index (χ4v) is 2.46. The predicted octanol–water partition coefficient (Wildman–Crippen LogP) is 2.25. The van der Waals surface area contributed by atoms with Crippen LogP contribution in [-0.4, -0.2) is 13.1 Å². The quantitative estimate of drug-likeness (QED) is 0.865. The fraction of sp³-hybridized carbons (Fsp3) is 0.500. The molecule has 0 saturated carbocycles. The lowest BCUT2D eigenvalue weighted by atomic mass is 10.1. The van der Waals surface area contributed by atoms with Crippen molar-refractivity contribution in [3.8, 4) is 6.07 Å². The van der Waals surface area contributed by atoms with Crippen molar-refractivity contribution in [3.63, 3.8) is 0 Å². The van der Waals surface area contributed by atoms with Gasteiger partial charge in [0.25, 0.3) is 0 Å². The maximum atomic E-state index is 9.20. The maximum absolute atomic E-state index is 9.20. The second kappa shape index (κ2) is 5.20. The molecule has 1 aromatic carbocycles. The predicted molar refractivity (Wildman–Crippen MR) is 69.7 cm³/mol. The number of nitriles is 1. The van der Waals surface area contributed by atoms with Crippen LogP contribution in [-0.2, 0) is 6.54 Å². The molecule has 1 heterocycles. The third kappa shape index (κ3) is 2.42. The lowest BCUT2D eigenvalue weighted by molar-refractivity contribution is 0.569. The van der Waals surface area contributed by atoms with Gasteiger partial charge in [-0.1, -0.05) is 19.4 Å². The first kappa shape index (κ1) is 11.9. The van der Waals surface area contributed by atoms with E-state index in [-0.39, 0.29) is 0 Å². The second-order valence-electron chi connectivity index (χ2n) is 4.68. The van der Waals surface area contributed by atoms with Crippen LogP contribution in [0.5, 0.6) is 0 Å². The molecule has 0 bridgehead atoms. The molecule has 2 N–H and O–H groups in total. The average Bonchev–Trinajstić information content (AvgIpc) is 2.86.